The highest BCUT2D eigenvalue weighted by Gasteiger charge is 2.22. The molecule has 7 heteroatoms. The number of ether oxygens (including phenoxy) is 2. The van der Waals surface area contributed by atoms with Crippen molar-refractivity contribution < 1.29 is 14.3 Å². The number of carbonyl (C=O) groups excluding carboxylic acids is 1. The number of amides is 1. The summed E-state index contributed by atoms with van der Waals surface area (Å²) >= 11 is 0. The van der Waals surface area contributed by atoms with Crippen molar-refractivity contribution in [2.45, 2.75) is 33.0 Å². The van der Waals surface area contributed by atoms with Crippen molar-refractivity contribution >= 4 is 22.6 Å². The lowest BCUT2D eigenvalue weighted by Gasteiger charge is -2.30. The van der Waals surface area contributed by atoms with Crippen LogP contribution in [-0.2, 0) is 13.1 Å². The molecule has 0 fully saturated rings. The molecule has 4 rings (SSSR count). The Hall–Kier alpha value is -3.06. The predicted octanol–water partition coefficient (Wildman–Crippen LogP) is 3.53. The number of fused-ring (bicyclic) bond motifs is 3. The summed E-state index contributed by atoms with van der Waals surface area (Å²) in [6.07, 6.45) is 0. The van der Waals surface area contributed by atoms with Gasteiger partial charge in [0.05, 0.1) is 31.8 Å². The summed E-state index contributed by atoms with van der Waals surface area (Å²) in [5.74, 6) is 1.97. The maximum absolute atomic E-state index is 12.7. The Kier molecular flexibility index (Phi) is 5.15. The first-order valence-electron chi connectivity index (χ1n) is 9.76. The number of nitrogens with one attached hydrogen (secondary N) is 1. The van der Waals surface area contributed by atoms with E-state index < -0.39 is 0 Å². The quantitative estimate of drug-likeness (QED) is 0.717. The fourth-order valence-electron chi connectivity index (χ4n) is 3.74. The van der Waals surface area contributed by atoms with Crippen molar-refractivity contribution in [3.63, 3.8) is 0 Å². The second kappa shape index (κ2) is 7.75. The zero-order chi connectivity index (χ0) is 20.5. The Balaban J connectivity index is 1.57. The molecule has 7 nitrogen and oxygen atoms in total. The van der Waals surface area contributed by atoms with E-state index in [1.54, 1.807) is 32.4 Å². The van der Waals surface area contributed by atoms with E-state index in [4.69, 9.17) is 14.5 Å². The molecule has 0 radical (unpaired) electrons. The van der Waals surface area contributed by atoms with E-state index >= 15 is 0 Å². The second-order valence-electron chi connectivity index (χ2n) is 7.47. The largest absolute Gasteiger partial charge is 0.493 e. The van der Waals surface area contributed by atoms with Gasteiger partial charge < -0.3 is 19.4 Å². The minimum Gasteiger partial charge on any atom is -0.493 e. The Labute approximate surface area is 170 Å². The first-order chi connectivity index (χ1) is 14.0. The lowest BCUT2D eigenvalue weighted by Crippen LogP contribution is -2.38. The lowest BCUT2D eigenvalue weighted by atomic mass is 10.1. The Morgan fingerprint density at radius 2 is 1.86 bits per heavy atom. The van der Waals surface area contributed by atoms with E-state index in [0.29, 0.717) is 28.8 Å². The molecule has 0 aliphatic carbocycles. The summed E-state index contributed by atoms with van der Waals surface area (Å²) in [6.45, 7) is 7.22. The van der Waals surface area contributed by atoms with Crippen LogP contribution in [0.1, 0.15) is 30.0 Å². The average Bonchev–Trinajstić information content (AvgIpc) is 3.09. The normalized spacial score (nSPS) is 14.1. The van der Waals surface area contributed by atoms with Crippen LogP contribution in [-0.4, -0.2) is 47.2 Å². The van der Waals surface area contributed by atoms with Crippen LogP contribution in [0.4, 0.5) is 5.69 Å². The summed E-state index contributed by atoms with van der Waals surface area (Å²) in [5, 5.41) is 2.95. The molecular formula is C22H26N4O3. The number of imidazole rings is 1. The van der Waals surface area contributed by atoms with Crippen molar-refractivity contribution in [1.29, 1.82) is 0 Å². The number of hydrogen-bond acceptors (Lipinski definition) is 5. The third-order valence-corrected chi connectivity index (χ3v) is 5.42. The Morgan fingerprint density at radius 1 is 1.07 bits per heavy atom. The molecule has 0 saturated heterocycles. The summed E-state index contributed by atoms with van der Waals surface area (Å²) in [6, 6.07) is 11.5. The number of benzene rings is 2. The zero-order valence-electron chi connectivity index (χ0n) is 17.2. The average molecular weight is 394 g/mol. The van der Waals surface area contributed by atoms with E-state index in [1.807, 2.05) is 18.2 Å². The van der Waals surface area contributed by atoms with Crippen molar-refractivity contribution in [3.8, 4) is 11.5 Å². The first-order valence-corrected chi connectivity index (χ1v) is 9.76. The second-order valence-corrected chi connectivity index (χ2v) is 7.47. The topological polar surface area (TPSA) is 68.6 Å². The van der Waals surface area contributed by atoms with E-state index in [-0.39, 0.29) is 5.91 Å². The molecule has 1 N–H and O–H groups in total. The van der Waals surface area contributed by atoms with E-state index in [9.17, 15) is 4.79 Å². The van der Waals surface area contributed by atoms with E-state index in [1.165, 1.54) is 0 Å². The van der Waals surface area contributed by atoms with Crippen LogP contribution in [0.3, 0.4) is 0 Å². The SMILES string of the molecule is COc1ccc(C(=O)Nc2ccc3c(c2)nc2n3CCN(C(C)C)C2)cc1OC. The van der Waals surface area contributed by atoms with Gasteiger partial charge in [0, 0.05) is 30.4 Å². The fraction of sp³-hybridized carbons (Fsp3) is 0.364. The smallest absolute Gasteiger partial charge is 0.255 e. The van der Waals surface area contributed by atoms with E-state index in [2.05, 4.69) is 28.6 Å². The van der Waals surface area contributed by atoms with Gasteiger partial charge in [-0.15, -0.1) is 0 Å². The molecule has 0 spiro atoms. The molecular weight excluding hydrogens is 368 g/mol. The summed E-state index contributed by atoms with van der Waals surface area (Å²) < 4.78 is 12.8. The van der Waals surface area contributed by atoms with Gasteiger partial charge in [0.1, 0.15) is 5.82 Å². The first kappa shape index (κ1) is 19.3. The van der Waals surface area contributed by atoms with Crippen molar-refractivity contribution in [1.82, 2.24) is 14.5 Å². The highest BCUT2D eigenvalue weighted by molar-refractivity contribution is 6.05. The van der Waals surface area contributed by atoms with Crippen LogP contribution in [0.2, 0.25) is 0 Å². The van der Waals surface area contributed by atoms with Gasteiger partial charge in [-0.25, -0.2) is 4.98 Å². The van der Waals surface area contributed by atoms with Gasteiger partial charge >= 0.3 is 0 Å². The number of hydrogen-bond donors (Lipinski definition) is 1. The number of methoxy groups -OCH3 is 2. The number of nitrogens with zero attached hydrogens (tertiary/aromatic N) is 3. The van der Waals surface area contributed by atoms with Crippen LogP contribution in [0.5, 0.6) is 11.5 Å². The third kappa shape index (κ3) is 3.65. The van der Waals surface area contributed by atoms with Crippen molar-refractivity contribution in [3.05, 3.63) is 47.8 Å². The van der Waals surface area contributed by atoms with Crippen LogP contribution in [0, 0.1) is 0 Å². The molecule has 0 atom stereocenters. The monoisotopic (exact) mass is 394 g/mol. The molecule has 152 valence electrons. The maximum atomic E-state index is 12.7. The molecule has 1 aromatic heterocycles. The highest BCUT2D eigenvalue weighted by Crippen LogP contribution is 2.28. The highest BCUT2D eigenvalue weighted by atomic mass is 16.5. The molecule has 0 saturated carbocycles. The molecule has 1 aliphatic heterocycles. The summed E-state index contributed by atoms with van der Waals surface area (Å²) in [7, 11) is 3.12. The third-order valence-electron chi connectivity index (χ3n) is 5.42. The van der Waals surface area contributed by atoms with Crippen LogP contribution < -0.4 is 14.8 Å². The van der Waals surface area contributed by atoms with Gasteiger partial charge in [-0.1, -0.05) is 0 Å². The Morgan fingerprint density at radius 3 is 2.59 bits per heavy atom. The molecule has 3 aromatic rings. The van der Waals surface area contributed by atoms with Gasteiger partial charge in [-0.2, -0.15) is 0 Å². The molecule has 0 unspecified atom stereocenters. The molecule has 1 amide bonds. The van der Waals surface area contributed by atoms with Crippen molar-refractivity contribution in [2.75, 3.05) is 26.1 Å². The molecule has 1 aliphatic rings. The van der Waals surface area contributed by atoms with Gasteiger partial charge in [0.2, 0.25) is 0 Å². The maximum Gasteiger partial charge on any atom is 0.255 e. The number of carbonyl (C=O) groups is 1. The Bertz CT molecular complexity index is 1060. The minimum atomic E-state index is -0.208. The lowest BCUT2D eigenvalue weighted by molar-refractivity contribution is 0.102. The zero-order valence-corrected chi connectivity index (χ0v) is 17.2. The fourth-order valence-corrected chi connectivity index (χ4v) is 3.74. The summed E-state index contributed by atoms with van der Waals surface area (Å²) in [4.78, 5) is 19.9. The number of anilines is 1. The minimum absolute atomic E-state index is 0.208. The van der Waals surface area contributed by atoms with Gasteiger partial charge in [-0.05, 0) is 50.2 Å². The van der Waals surface area contributed by atoms with E-state index in [0.717, 1.165) is 36.5 Å². The standard InChI is InChI=1S/C22H26N4O3/c1-14(2)25-9-10-26-18-7-6-16(12-17(18)24-21(26)13-25)23-22(27)15-5-8-19(28-3)20(11-15)29-4/h5-8,11-12,14H,9-10,13H2,1-4H3,(H,23,27). The molecule has 0 bridgehead atoms. The number of rotatable bonds is 5. The van der Waals surface area contributed by atoms with Crippen LogP contribution >= 0.6 is 0 Å². The van der Waals surface area contributed by atoms with Gasteiger partial charge in [-0.3, -0.25) is 9.69 Å². The molecule has 2 aromatic carbocycles. The molecule has 29 heavy (non-hydrogen) atoms. The van der Waals surface area contributed by atoms with Crippen molar-refractivity contribution in [2.24, 2.45) is 0 Å². The van der Waals surface area contributed by atoms with Gasteiger partial charge in [0.25, 0.3) is 5.91 Å². The number of aromatic nitrogens is 2. The van der Waals surface area contributed by atoms with Gasteiger partial charge in [0.15, 0.2) is 11.5 Å². The molecule has 2 heterocycles. The van der Waals surface area contributed by atoms with Crippen LogP contribution in [0.25, 0.3) is 11.0 Å². The summed E-state index contributed by atoms with van der Waals surface area (Å²) in [5.41, 5.74) is 3.22. The predicted molar refractivity (Wildman–Crippen MR) is 113 cm³/mol. The van der Waals surface area contributed by atoms with Crippen LogP contribution in [0.15, 0.2) is 36.4 Å².